The Labute approximate surface area is 156 Å². The van der Waals surface area contributed by atoms with Crippen molar-refractivity contribution in [1.29, 1.82) is 0 Å². The Kier molecular flexibility index (Phi) is 5.01. The maximum absolute atomic E-state index is 13.2. The van der Waals surface area contributed by atoms with Gasteiger partial charge >= 0.3 is 6.18 Å². The van der Waals surface area contributed by atoms with Gasteiger partial charge in [0.1, 0.15) is 15.7 Å². The second-order valence-electron chi connectivity index (χ2n) is 5.92. The molecule has 0 bridgehead atoms. The van der Waals surface area contributed by atoms with E-state index in [1.54, 1.807) is 13.8 Å². The number of hydrogen-bond donors (Lipinski definition) is 1. The van der Waals surface area contributed by atoms with Crippen LogP contribution in [0.1, 0.15) is 26.5 Å². The minimum Gasteiger partial charge on any atom is -0.321 e. The summed E-state index contributed by atoms with van der Waals surface area (Å²) >= 11 is 1.08. The van der Waals surface area contributed by atoms with Crippen molar-refractivity contribution in [2.24, 2.45) is 0 Å². The van der Waals surface area contributed by atoms with E-state index in [1.807, 2.05) is 0 Å². The second kappa shape index (κ2) is 7.11. The number of carbonyl (C=O) groups excluding carboxylic acids is 1. The standard InChI is InChI=1S/C19H14F4N2OS/c1-10-9-14(20)7-8-15(10)25-17(26)16-11(2)24-18(27-16)12-3-5-13(6-4-12)19(21,22)23/h3-9H,1-2H3,(H,25,26). The molecule has 27 heavy (non-hydrogen) atoms. The van der Waals surface area contributed by atoms with Crippen LogP contribution in [-0.2, 0) is 6.18 Å². The molecular formula is C19H14F4N2OS. The average molecular weight is 394 g/mol. The van der Waals surface area contributed by atoms with E-state index < -0.39 is 23.5 Å². The summed E-state index contributed by atoms with van der Waals surface area (Å²) in [5.74, 6) is -0.804. The molecule has 3 rings (SSSR count). The first-order chi connectivity index (χ1) is 12.6. The molecule has 0 aliphatic heterocycles. The number of alkyl halides is 3. The summed E-state index contributed by atoms with van der Waals surface area (Å²) in [7, 11) is 0. The molecule has 0 saturated carbocycles. The number of halogens is 4. The number of aromatic nitrogens is 1. The second-order valence-corrected chi connectivity index (χ2v) is 6.92. The number of amides is 1. The van der Waals surface area contributed by atoms with Crippen molar-refractivity contribution in [1.82, 2.24) is 4.98 Å². The molecule has 8 heteroatoms. The third-order valence-electron chi connectivity index (χ3n) is 3.90. The van der Waals surface area contributed by atoms with E-state index in [9.17, 15) is 22.4 Å². The van der Waals surface area contributed by atoms with Crippen molar-refractivity contribution in [2.45, 2.75) is 20.0 Å². The summed E-state index contributed by atoms with van der Waals surface area (Å²) in [6, 6.07) is 8.63. The summed E-state index contributed by atoms with van der Waals surface area (Å²) < 4.78 is 51.2. The Balaban J connectivity index is 1.84. The van der Waals surface area contributed by atoms with Crippen LogP contribution in [-0.4, -0.2) is 10.9 Å². The molecule has 1 amide bonds. The van der Waals surface area contributed by atoms with Crippen molar-refractivity contribution >= 4 is 22.9 Å². The van der Waals surface area contributed by atoms with Crippen molar-refractivity contribution in [3.05, 3.63) is 70.0 Å². The van der Waals surface area contributed by atoms with Gasteiger partial charge in [0.25, 0.3) is 5.91 Å². The number of anilines is 1. The smallest absolute Gasteiger partial charge is 0.321 e. The normalized spacial score (nSPS) is 11.5. The van der Waals surface area contributed by atoms with Gasteiger partial charge in [0.15, 0.2) is 0 Å². The quantitative estimate of drug-likeness (QED) is 0.567. The molecule has 1 aromatic heterocycles. The summed E-state index contributed by atoms with van der Waals surface area (Å²) in [6.45, 7) is 3.32. The molecule has 0 spiro atoms. The molecule has 0 aliphatic rings. The molecule has 0 aliphatic carbocycles. The predicted octanol–water partition coefficient (Wildman–Crippen LogP) is 5.84. The maximum Gasteiger partial charge on any atom is 0.416 e. The maximum atomic E-state index is 13.2. The Morgan fingerprint density at radius 2 is 1.74 bits per heavy atom. The number of thiazole rings is 1. The van der Waals surface area contributed by atoms with Gasteiger partial charge in [-0.15, -0.1) is 11.3 Å². The van der Waals surface area contributed by atoms with Gasteiger partial charge < -0.3 is 5.32 Å². The molecule has 2 aromatic carbocycles. The third kappa shape index (κ3) is 4.16. The molecule has 0 unspecified atom stereocenters. The van der Waals surface area contributed by atoms with Gasteiger partial charge in [0.05, 0.1) is 11.3 Å². The van der Waals surface area contributed by atoms with Crippen molar-refractivity contribution in [2.75, 3.05) is 5.32 Å². The van der Waals surface area contributed by atoms with E-state index in [0.717, 1.165) is 23.5 Å². The highest BCUT2D eigenvalue weighted by atomic mass is 32.1. The fourth-order valence-electron chi connectivity index (χ4n) is 2.48. The summed E-state index contributed by atoms with van der Waals surface area (Å²) in [5, 5.41) is 3.15. The highest BCUT2D eigenvalue weighted by Gasteiger charge is 2.30. The fraction of sp³-hybridized carbons (Fsp3) is 0.158. The van der Waals surface area contributed by atoms with Crippen LogP contribution in [0.25, 0.3) is 10.6 Å². The number of carbonyl (C=O) groups is 1. The van der Waals surface area contributed by atoms with Gasteiger partial charge in [-0.25, -0.2) is 9.37 Å². The van der Waals surface area contributed by atoms with Crippen LogP contribution in [0.3, 0.4) is 0 Å². The van der Waals surface area contributed by atoms with Gasteiger partial charge in [0, 0.05) is 11.3 Å². The number of benzene rings is 2. The first kappa shape index (κ1) is 19.0. The number of nitrogens with one attached hydrogen (secondary N) is 1. The minimum absolute atomic E-state index is 0.341. The Hall–Kier alpha value is -2.74. The van der Waals surface area contributed by atoms with Crippen LogP contribution in [0.2, 0.25) is 0 Å². The number of aryl methyl sites for hydroxylation is 2. The lowest BCUT2D eigenvalue weighted by Crippen LogP contribution is -2.12. The van der Waals surface area contributed by atoms with E-state index >= 15 is 0 Å². The number of rotatable bonds is 3. The van der Waals surface area contributed by atoms with Crippen LogP contribution >= 0.6 is 11.3 Å². The fourth-order valence-corrected chi connectivity index (χ4v) is 3.45. The van der Waals surface area contributed by atoms with Gasteiger partial charge in [-0.1, -0.05) is 12.1 Å². The van der Waals surface area contributed by atoms with Gasteiger partial charge in [-0.2, -0.15) is 13.2 Å². The Bertz CT molecular complexity index is 994. The number of nitrogens with zero attached hydrogens (tertiary/aromatic N) is 1. The van der Waals surface area contributed by atoms with Gasteiger partial charge in [-0.3, -0.25) is 4.79 Å². The molecule has 0 fully saturated rings. The van der Waals surface area contributed by atoms with Gasteiger partial charge in [0.2, 0.25) is 0 Å². The van der Waals surface area contributed by atoms with Crippen LogP contribution in [0.4, 0.5) is 23.2 Å². The van der Waals surface area contributed by atoms with Crippen molar-refractivity contribution < 1.29 is 22.4 Å². The summed E-state index contributed by atoms with van der Waals surface area (Å²) in [5.41, 5.74) is 1.27. The molecule has 3 aromatic rings. The molecule has 140 valence electrons. The molecule has 3 nitrogen and oxygen atoms in total. The molecule has 0 atom stereocenters. The summed E-state index contributed by atoms with van der Waals surface area (Å²) in [6.07, 6.45) is -4.41. The van der Waals surface area contributed by atoms with E-state index in [4.69, 9.17) is 0 Å². The molecule has 0 saturated heterocycles. The summed E-state index contributed by atoms with van der Waals surface area (Å²) in [4.78, 5) is 17.1. The SMILES string of the molecule is Cc1cc(F)ccc1NC(=O)c1sc(-c2ccc(C(F)(F)F)cc2)nc1C. The zero-order valence-electron chi connectivity index (χ0n) is 14.3. The van der Waals surface area contributed by atoms with Crippen LogP contribution in [0.15, 0.2) is 42.5 Å². The largest absolute Gasteiger partial charge is 0.416 e. The van der Waals surface area contributed by atoms with E-state index in [0.29, 0.717) is 32.4 Å². The number of hydrogen-bond acceptors (Lipinski definition) is 3. The zero-order valence-corrected chi connectivity index (χ0v) is 15.1. The van der Waals surface area contributed by atoms with E-state index in [1.165, 1.54) is 30.3 Å². The molecular weight excluding hydrogens is 380 g/mol. The third-order valence-corrected chi connectivity index (χ3v) is 5.10. The molecule has 1 heterocycles. The molecule has 1 N–H and O–H groups in total. The monoisotopic (exact) mass is 394 g/mol. The lowest BCUT2D eigenvalue weighted by atomic mass is 10.1. The zero-order chi connectivity index (χ0) is 19.8. The van der Waals surface area contributed by atoms with Crippen molar-refractivity contribution in [3.8, 4) is 10.6 Å². The van der Waals surface area contributed by atoms with Crippen LogP contribution < -0.4 is 5.32 Å². The lowest BCUT2D eigenvalue weighted by Gasteiger charge is -2.07. The minimum atomic E-state index is -4.41. The van der Waals surface area contributed by atoms with Crippen LogP contribution in [0.5, 0.6) is 0 Å². The van der Waals surface area contributed by atoms with Gasteiger partial charge in [-0.05, 0) is 49.7 Å². The first-order valence-corrected chi connectivity index (χ1v) is 8.69. The van der Waals surface area contributed by atoms with E-state index in [-0.39, 0.29) is 0 Å². The average Bonchev–Trinajstić information content (AvgIpc) is 2.98. The van der Waals surface area contributed by atoms with Crippen LogP contribution in [0, 0.1) is 19.7 Å². The van der Waals surface area contributed by atoms with Crippen molar-refractivity contribution in [3.63, 3.8) is 0 Å². The highest BCUT2D eigenvalue weighted by Crippen LogP contribution is 2.33. The van der Waals surface area contributed by atoms with E-state index in [2.05, 4.69) is 10.3 Å². The first-order valence-electron chi connectivity index (χ1n) is 7.87. The lowest BCUT2D eigenvalue weighted by molar-refractivity contribution is -0.137. The Morgan fingerprint density at radius 3 is 2.33 bits per heavy atom. The molecule has 0 radical (unpaired) electrons. The highest BCUT2D eigenvalue weighted by molar-refractivity contribution is 7.17. The predicted molar refractivity (Wildman–Crippen MR) is 96.4 cm³/mol. The Morgan fingerprint density at radius 1 is 1.07 bits per heavy atom. The topological polar surface area (TPSA) is 42.0 Å².